The van der Waals surface area contributed by atoms with Gasteiger partial charge in [0.05, 0.1) is 12.5 Å². The Morgan fingerprint density at radius 3 is 2.57 bits per heavy atom. The summed E-state index contributed by atoms with van der Waals surface area (Å²) in [6.45, 7) is 1.60. The molecule has 2 rings (SSSR count). The molecular weight excluding hydrogens is 271 g/mol. The molecule has 110 valence electrons. The fraction of sp³-hybridized carbons (Fsp3) is 0.235. The number of benzene rings is 2. The number of carboxylic acid groups (broad SMARTS) is 1. The minimum Gasteiger partial charge on any atom is -0.497 e. The molecule has 0 fully saturated rings. The van der Waals surface area contributed by atoms with Crippen LogP contribution in [0.5, 0.6) is 5.75 Å². The molecule has 2 aromatic carbocycles. The maximum Gasteiger partial charge on any atom is 0.314 e. The molecule has 1 N–H and O–H groups in total. The fourth-order valence-electron chi connectivity index (χ4n) is 2.32. The minimum atomic E-state index is -1.20. The van der Waals surface area contributed by atoms with E-state index in [2.05, 4.69) is 0 Å². The summed E-state index contributed by atoms with van der Waals surface area (Å²) in [7, 11) is 1.56. The molecular formula is C17H17FO3. The maximum absolute atomic E-state index is 13.4. The van der Waals surface area contributed by atoms with Gasteiger partial charge in [-0.1, -0.05) is 24.3 Å². The van der Waals surface area contributed by atoms with Crippen LogP contribution >= 0.6 is 0 Å². The second-order valence-electron chi connectivity index (χ2n) is 5.18. The normalized spacial score (nSPS) is 13.5. The summed E-state index contributed by atoms with van der Waals surface area (Å²) in [5, 5.41) is 9.61. The molecule has 1 atom stereocenters. The van der Waals surface area contributed by atoms with E-state index < -0.39 is 17.2 Å². The number of hydrogen-bond donors (Lipinski definition) is 1. The van der Waals surface area contributed by atoms with Crippen LogP contribution in [0.2, 0.25) is 0 Å². The van der Waals surface area contributed by atoms with Gasteiger partial charge < -0.3 is 9.84 Å². The third kappa shape index (κ3) is 3.21. The highest BCUT2D eigenvalue weighted by molar-refractivity contribution is 5.81. The second-order valence-corrected chi connectivity index (χ2v) is 5.18. The lowest BCUT2D eigenvalue weighted by molar-refractivity contribution is -0.143. The van der Waals surface area contributed by atoms with Crippen molar-refractivity contribution in [1.82, 2.24) is 0 Å². The number of methoxy groups -OCH3 is 1. The van der Waals surface area contributed by atoms with Crippen molar-refractivity contribution in [2.45, 2.75) is 18.8 Å². The molecule has 3 nitrogen and oxygen atoms in total. The van der Waals surface area contributed by atoms with Crippen molar-refractivity contribution in [3.63, 3.8) is 0 Å². The highest BCUT2D eigenvalue weighted by atomic mass is 19.1. The highest BCUT2D eigenvalue weighted by Crippen LogP contribution is 2.30. The van der Waals surface area contributed by atoms with Gasteiger partial charge in [0.1, 0.15) is 11.6 Å². The third-order valence-corrected chi connectivity index (χ3v) is 3.63. The van der Waals surface area contributed by atoms with Crippen LogP contribution in [0, 0.1) is 5.82 Å². The van der Waals surface area contributed by atoms with Crippen LogP contribution in [0.4, 0.5) is 4.39 Å². The van der Waals surface area contributed by atoms with E-state index in [1.165, 1.54) is 18.2 Å². The van der Waals surface area contributed by atoms with Crippen molar-refractivity contribution in [1.29, 1.82) is 0 Å². The Morgan fingerprint density at radius 1 is 1.24 bits per heavy atom. The molecule has 0 amide bonds. The number of ether oxygens (including phenoxy) is 1. The monoisotopic (exact) mass is 288 g/mol. The summed E-state index contributed by atoms with van der Waals surface area (Å²) in [4.78, 5) is 11.7. The summed E-state index contributed by atoms with van der Waals surface area (Å²) >= 11 is 0. The molecule has 0 heterocycles. The van der Waals surface area contributed by atoms with Crippen molar-refractivity contribution in [3.8, 4) is 5.75 Å². The van der Waals surface area contributed by atoms with Gasteiger partial charge in [-0.2, -0.15) is 0 Å². The van der Waals surface area contributed by atoms with Gasteiger partial charge in [-0.15, -0.1) is 0 Å². The van der Waals surface area contributed by atoms with Gasteiger partial charge in [-0.3, -0.25) is 4.79 Å². The number of carbonyl (C=O) groups is 1. The zero-order chi connectivity index (χ0) is 15.5. The fourth-order valence-corrected chi connectivity index (χ4v) is 2.32. The van der Waals surface area contributed by atoms with Gasteiger partial charge in [0.2, 0.25) is 0 Å². The lowest BCUT2D eigenvalue weighted by atomic mass is 9.77. The van der Waals surface area contributed by atoms with E-state index >= 15 is 0 Å². The Balaban J connectivity index is 2.40. The molecule has 0 saturated heterocycles. The molecule has 0 aromatic heterocycles. The zero-order valence-corrected chi connectivity index (χ0v) is 12.0. The van der Waals surface area contributed by atoms with E-state index in [1.54, 1.807) is 32.2 Å². The summed E-state index contributed by atoms with van der Waals surface area (Å²) in [6, 6.07) is 13.0. The van der Waals surface area contributed by atoms with E-state index in [9.17, 15) is 14.3 Å². The summed E-state index contributed by atoms with van der Waals surface area (Å²) in [6.07, 6.45) is 0.253. The number of carboxylic acids is 1. The topological polar surface area (TPSA) is 46.5 Å². The standard InChI is InChI=1S/C17H17FO3/c1-17(16(19)20,13-6-4-7-14(18)10-13)11-12-5-3-8-15(9-12)21-2/h3-10H,11H2,1-2H3,(H,19,20). The second kappa shape index (κ2) is 5.95. The Hall–Kier alpha value is -2.36. The minimum absolute atomic E-state index is 0.253. The Morgan fingerprint density at radius 2 is 1.95 bits per heavy atom. The van der Waals surface area contributed by atoms with Gasteiger partial charge >= 0.3 is 5.97 Å². The first kappa shape index (κ1) is 15.0. The first-order chi connectivity index (χ1) is 9.95. The summed E-state index contributed by atoms with van der Waals surface area (Å²) in [5.74, 6) is -0.763. The van der Waals surface area contributed by atoms with Crippen LogP contribution in [-0.4, -0.2) is 18.2 Å². The molecule has 0 aliphatic heterocycles. The van der Waals surface area contributed by atoms with Crippen LogP contribution in [0.25, 0.3) is 0 Å². The van der Waals surface area contributed by atoms with Gasteiger partial charge in [-0.05, 0) is 48.7 Å². The number of halogens is 1. The van der Waals surface area contributed by atoms with E-state index in [0.29, 0.717) is 11.3 Å². The Bertz CT molecular complexity index is 654. The molecule has 0 spiro atoms. The average molecular weight is 288 g/mol. The van der Waals surface area contributed by atoms with E-state index in [-0.39, 0.29) is 6.42 Å². The van der Waals surface area contributed by atoms with Crippen LogP contribution in [0.3, 0.4) is 0 Å². The van der Waals surface area contributed by atoms with Crippen molar-refractivity contribution < 1.29 is 19.0 Å². The smallest absolute Gasteiger partial charge is 0.314 e. The molecule has 21 heavy (non-hydrogen) atoms. The van der Waals surface area contributed by atoms with Crippen LogP contribution in [0.1, 0.15) is 18.1 Å². The van der Waals surface area contributed by atoms with E-state index in [0.717, 1.165) is 5.56 Å². The SMILES string of the molecule is COc1cccc(CC(C)(C(=O)O)c2cccc(F)c2)c1. The van der Waals surface area contributed by atoms with E-state index in [4.69, 9.17) is 4.74 Å². The quantitative estimate of drug-likeness (QED) is 0.917. The van der Waals surface area contributed by atoms with E-state index in [1.807, 2.05) is 12.1 Å². The first-order valence-electron chi connectivity index (χ1n) is 6.58. The number of rotatable bonds is 5. The predicted octanol–water partition coefficient (Wildman–Crippen LogP) is 3.42. The molecule has 4 heteroatoms. The maximum atomic E-state index is 13.4. The lowest BCUT2D eigenvalue weighted by Gasteiger charge is -2.25. The van der Waals surface area contributed by atoms with Crippen molar-refractivity contribution in [3.05, 3.63) is 65.5 Å². The van der Waals surface area contributed by atoms with Crippen LogP contribution in [0.15, 0.2) is 48.5 Å². The molecule has 0 aliphatic carbocycles. The van der Waals surface area contributed by atoms with Gasteiger partial charge in [0.25, 0.3) is 0 Å². The zero-order valence-electron chi connectivity index (χ0n) is 12.0. The Kier molecular flexibility index (Phi) is 4.26. The molecule has 0 saturated carbocycles. The third-order valence-electron chi connectivity index (χ3n) is 3.63. The number of hydrogen-bond acceptors (Lipinski definition) is 2. The molecule has 1 unspecified atom stereocenters. The average Bonchev–Trinajstić information content (AvgIpc) is 2.47. The van der Waals surface area contributed by atoms with Crippen LogP contribution < -0.4 is 4.74 Å². The lowest BCUT2D eigenvalue weighted by Crippen LogP contribution is -2.35. The van der Waals surface area contributed by atoms with Crippen molar-refractivity contribution in [2.24, 2.45) is 0 Å². The van der Waals surface area contributed by atoms with Crippen LogP contribution in [-0.2, 0) is 16.6 Å². The molecule has 0 bridgehead atoms. The van der Waals surface area contributed by atoms with Gasteiger partial charge in [-0.25, -0.2) is 4.39 Å². The van der Waals surface area contributed by atoms with Gasteiger partial charge in [0.15, 0.2) is 0 Å². The van der Waals surface area contributed by atoms with Crippen molar-refractivity contribution in [2.75, 3.05) is 7.11 Å². The summed E-state index contributed by atoms with van der Waals surface area (Å²) < 4.78 is 18.6. The van der Waals surface area contributed by atoms with Gasteiger partial charge in [0, 0.05) is 0 Å². The first-order valence-corrected chi connectivity index (χ1v) is 6.58. The molecule has 2 aromatic rings. The number of aliphatic carboxylic acids is 1. The predicted molar refractivity (Wildman–Crippen MR) is 78.1 cm³/mol. The largest absolute Gasteiger partial charge is 0.497 e. The molecule has 0 radical (unpaired) electrons. The Labute approximate surface area is 123 Å². The highest BCUT2D eigenvalue weighted by Gasteiger charge is 2.35. The van der Waals surface area contributed by atoms with Crippen molar-refractivity contribution >= 4 is 5.97 Å². The molecule has 0 aliphatic rings. The summed E-state index contributed by atoms with van der Waals surface area (Å²) in [5.41, 5.74) is 0.0652.